The molecule has 0 aliphatic carbocycles. The van der Waals surface area contributed by atoms with Crippen LogP contribution in [0.15, 0.2) is 0 Å². The van der Waals surface area contributed by atoms with Crippen LogP contribution in [0.25, 0.3) is 0 Å². The highest BCUT2D eigenvalue weighted by Gasteiger charge is 2.47. The second kappa shape index (κ2) is 4.97. The molecule has 0 unspecified atom stereocenters. The van der Waals surface area contributed by atoms with Crippen molar-refractivity contribution in [3.63, 3.8) is 0 Å². The fourth-order valence-corrected chi connectivity index (χ4v) is 11.0. The summed E-state index contributed by atoms with van der Waals surface area (Å²) in [6.45, 7) is 12.4. The molecule has 0 aromatic carbocycles. The highest BCUT2D eigenvalue weighted by Crippen LogP contribution is 2.42. The zero-order valence-corrected chi connectivity index (χ0v) is 12.7. The molecule has 0 fully saturated rings. The zero-order valence-electron chi connectivity index (χ0n) is 10.9. The molecular formula is C10H24O3SSi. The standard InChI is InChI=1S/C10H24O3SSi/c1-8(2)15(9(3)4,10(5)6)13-14(7,11)12/h8-10H,1-7H3. The third-order valence-corrected chi connectivity index (χ3v) is 10.8. The van der Waals surface area contributed by atoms with E-state index in [2.05, 4.69) is 41.5 Å². The Morgan fingerprint density at radius 1 is 0.867 bits per heavy atom. The molecule has 0 aromatic rings. The lowest BCUT2D eigenvalue weighted by Crippen LogP contribution is -2.49. The van der Waals surface area contributed by atoms with Crippen molar-refractivity contribution in [3.05, 3.63) is 0 Å². The zero-order chi connectivity index (χ0) is 12.4. The van der Waals surface area contributed by atoms with Crippen molar-refractivity contribution in [2.24, 2.45) is 0 Å². The Hall–Kier alpha value is 0.127. The van der Waals surface area contributed by atoms with Crippen molar-refractivity contribution in [2.45, 2.75) is 58.2 Å². The van der Waals surface area contributed by atoms with Gasteiger partial charge in [0.15, 0.2) is 0 Å². The van der Waals surface area contributed by atoms with Gasteiger partial charge in [-0.05, 0) is 16.6 Å². The summed E-state index contributed by atoms with van der Waals surface area (Å²) in [6.07, 6.45) is 1.15. The van der Waals surface area contributed by atoms with Gasteiger partial charge in [0.25, 0.3) is 10.1 Å². The first-order chi connectivity index (χ1) is 6.54. The first-order valence-electron chi connectivity index (χ1n) is 5.44. The molecule has 0 saturated heterocycles. The van der Waals surface area contributed by atoms with Gasteiger partial charge in [-0.25, -0.2) is 8.42 Å². The van der Waals surface area contributed by atoms with E-state index in [0.717, 1.165) is 6.26 Å². The van der Waals surface area contributed by atoms with Gasteiger partial charge in [0, 0.05) is 0 Å². The van der Waals surface area contributed by atoms with Crippen molar-refractivity contribution >= 4 is 18.4 Å². The molecule has 0 spiro atoms. The molecule has 0 rings (SSSR count). The Labute approximate surface area is 95.5 Å². The average Bonchev–Trinajstić information content (AvgIpc) is 1.96. The topological polar surface area (TPSA) is 43.4 Å². The van der Waals surface area contributed by atoms with Gasteiger partial charge in [-0.2, -0.15) is 0 Å². The molecule has 0 aliphatic heterocycles. The van der Waals surface area contributed by atoms with E-state index in [1.807, 2.05) is 0 Å². The van der Waals surface area contributed by atoms with Crippen LogP contribution >= 0.6 is 0 Å². The summed E-state index contributed by atoms with van der Waals surface area (Å²) in [5.74, 6) is 0. The summed E-state index contributed by atoms with van der Waals surface area (Å²) in [5, 5.41) is 0. The molecule has 92 valence electrons. The number of hydrogen-bond acceptors (Lipinski definition) is 3. The van der Waals surface area contributed by atoms with Crippen LogP contribution in [0, 0.1) is 0 Å². The average molecular weight is 252 g/mol. The maximum atomic E-state index is 11.4. The summed E-state index contributed by atoms with van der Waals surface area (Å²) in [7, 11) is -5.61. The van der Waals surface area contributed by atoms with Gasteiger partial charge in [0.1, 0.15) is 0 Å². The van der Waals surface area contributed by atoms with Crippen LogP contribution in [0.4, 0.5) is 0 Å². The lowest BCUT2D eigenvalue weighted by atomic mass is 10.5. The Bertz CT molecular complexity index is 272. The van der Waals surface area contributed by atoms with E-state index >= 15 is 0 Å². The minimum absolute atomic E-state index is 0.298. The Kier molecular flexibility index (Phi) is 5.01. The first-order valence-corrected chi connectivity index (χ1v) is 9.40. The molecular weight excluding hydrogens is 228 g/mol. The molecule has 0 aliphatic rings. The van der Waals surface area contributed by atoms with Crippen molar-refractivity contribution in [1.82, 2.24) is 0 Å². The largest absolute Gasteiger partial charge is 0.314 e. The van der Waals surface area contributed by atoms with Gasteiger partial charge in [0.2, 0.25) is 8.32 Å². The fraction of sp³-hybridized carbons (Fsp3) is 1.00. The predicted octanol–water partition coefficient (Wildman–Crippen LogP) is 3.14. The summed E-state index contributed by atoms with van der Waals surface area (Å²) in [5.41, 5.74) is 0.895. The van der Waals surface area contributed by atoms with E-state index in [4.69, 9.17) is 3.87 Å². The second-order valence-electron chi connectivity index (χ2n) is 5.11. The SMILES string of the molecule is CC(C)[Si](OS(C)(=O)=O)(C(C)C)C(C)C. The lowest BCUT2D eigenvalue weighted by molar-refractivity contribution is 0.453. The Balaban J connectivity index is 5.34. The minimum Gasteiger partial charge on any atom is -0.314 e. The van der Waals surface area contributed by atoms with E-state index in [1.165, 1.54) is 0 Å². The van der Waals surface area contributed by atoms with E-state index in [-0.39, 0.29) is 0 Å². The Morgan fingerprint density at radius 2 is 1.13 bits per heavy atom. The third-order valence-electron chi connectivity index (χ3n) is 3.00. The first kappa shape index (κ1) is 15.1. The normalized spacial score (nSPS) is 14.3. The van der Waals surface area contributed by atoms with Gasteiger partial charge in [-0.3, -0.25) is 0 Å². The summed E-state index contributed by atoms with van der Waals surface area (Å²) < 4.78 is 28.3. The molecule has 0 amide bonds. The fourth-order valence-electron chi connectivity index (χ4n) is 2.55. The van der Waals surface area contributed by atoms with Crippen molar-refractivity contribution in [3.8, 4) is 0 Å². The van der Waals surface area contributed by atoms with Crippen LogP contribution in [-0.2, 0) is 14.0 Å². The van der Waals surface area contributed by atoms with E-state index in [0.29, 0.717) is 16.6 Å². The van der Waals surface area contributed by atoms with Crippen LogP contribution in [0.2, 0.25) is 16.6 Å². The molecule has 0 saturated carbocycles. The smallest absolute Gasteiger partial charge is 0.254 e. The van der Waals surface area contributed by atoms with Gasteiger partial charge >= 0.3 is 0 Å². The highest BCUT2D eigenvalue weighted by atomic mass is 32.2. The van der Waals surface area contributed by atoms with Crippen LogP contribution in [-0.4, -0.2) is 23.0 Å². The molecule has 0 N–H and O–H groups in total. The Morgan fingerprint density at radius 3 is 1.20 bits per heavy atom. The van der Waals surface area contributed by atoms with Crippen LogP contribution in [0.5, 0.6) is 0 Å². The summed E-state index contributed by atoms with van der Waals surface area (Å²) >= 11 is 0. The van der Waals surface area contributed by atoms with Gasteiger partial charge < -0.3 is 3.87 Å². The molecule has 0 bridgehead atoms. The highest BCUT2D eigenvalue weighted by molar-refractivity contribution is 7.87. The predicted molar refractivity (Wildman–Crippen MR) is 67.0 cm³/mol. The van der Waals surface area contributed by atoms with Gasteiger partial charge in [-0.1, -0.05) is 41.5 Å². The maximum absolute atomic E-state index is 11.4. The molecule has 5 heteroatoms. The van der Waals surface area contributed by atoms with Crippen LogP contribution < -0.4 is 0 Å². The molecule has 3 nitrogen and oxygen atoms in total. The molecule has 15 heavy (non-hydrogen) atoms. The number of rotatable bonds is 5. The van der Waals surface area contributed by atoms with Crippen molar-refractivity contribution in [1.29, 1.82) is 0 Å². The van der Waals surface area contributed by atoms with Gasteiger partial charge in [0.05, 0.1) is 6.26 Å². The molecule has 0 atom stereocenters. The molecule has 0 radical (unpaired) electrons. The second-order valence-corrected chi connectivity index (χ2v) is 12.4. The lowest BCUT2D eigenvalue weighted by Gasteiger charge is -2.40. The van der Waals surface area contributed by atoms with Crippen LogP contribution in [0.3, 0.4) is 0 Å². The van der Waals surface area contributed by atoms with E-state index in [9.17, 15) is 8.42 Å². The van der Waals surface area contributed by atoms with E-state index < -0.39 is 18.4 Å². The van der Waals surface area contributed by atoms with Crippen molar-refractivity contribution in [2.75, 3.05) is 6.26 Å². The summed E-state index contributed by atoms with van der Waals surface area (Å²) in [4.78, 5) is 0. The number of hydrogen-bond donors (Lipinski definition) is 0. The quantitative estimate of drug-likeness (QED) is 0.706. The minimum atomic E-state index is -3.36. The summed E-state index contributed by atoms with van der Waals surface area (Å²) in [6, 6.07) is 0. The van der Waals surface area contributed by atoms with Crippen LogP contribution in [0.1, 0.15) is 41.5 Å². The third kappa shape index (κ3) is 3.57. The molecule has 0 aromatic heterocycles. The monoisotopic (exact) mass is 252 g/mol. The van der Waals surface area contributed by atoms with Crippen molar-refractivity contribution < 1.29 is 12.3 Å². The van der Waals surface area contributed by atoms with Gasteiger partial charge in [-0.15, -0.1) is 0 Å². The maximum Gasteiger partial charge on any atom is 0.254 e. The molecule has 0 heterocycles. The van der Waals surface area contributed by atoms with E-state index in [1.54, 1.807) is 0 Å².